The van der Waals surface area contributed by atoms with Gasteiger partial charge in [0.15, 0.2) is 0 Å². The summed E-state index contributed by atoms with van der Waals surface area (Å²) in [5, 5.41) is 5.28. The third kappa shape index (κ3) is 26.2. The van der Waals surface area contributed by atoms with Crippen molar-refractivity contribution in [2.75, 3.05) is 6.61 Å². The Morgan fingerprint density at radius 2 is 1.39 bits per heavy atom. The average Bonchev–Trinajstić information content (AvgIpc) is 2.27. The highest BCUT2D eigenvalue weighted by Gasteiger charge is 2.00. The van der Waals surface area contributed by atoms with Crippen molar-refractivity contribution in [3.8, 4) is 0 Å². The SMILES string of the molecule is CC(C)[CH2][Al].CC(C)[CH2][Al][CH2]C[O][Al][CH2]C(C)C. The van der Waals surface area contributed by atoms with Crippen LogP contribution in [-0.4, -0.2) is 53.7 Å². The minimum Gasteiger partial charge on any atom is -0.508 e. The maximum Gasteiger partial charge on any atom is 0.423 e. The summed E-state index contributed by atoms with van der Waals surface area (Å²) in [5.41, 5.74) is 0. The van der Waals surface area contributed by atoms with Gasteiger partial charge in [0.2, 0.25) is 15.2 Å². The molecule has 0 spiro atoms. The second-order valence-corrected chi connectivity index (χ2v) is 9.24. The van der Waals surface area contributed by atoms with Gasteiger partial charge in [0.05, 0.1) is 0 Å². The molecule has 4 heteroatoms. The third-order valence-electron chi connectivity index (χ3n) is 2.23. The van der Waals surface area contributed by atoms with E-state index in [0.29, 0.717) is 15.2 Å². The molecule has 0 aliphatic rings. The monoisotopic (exact) mass is 296 g/mol. The predicted octanol–water partition coefficient (Wildman–Crippen LogP) is 4.12. The summed E-state index contributed by atoms with van der Waals surface area (Å²) in [4.78, 5) is 0. The highest BCUT2D eigenvalue weighted by molar-refractivity contribution is 6.35. The van der Waals surface area contributed by atoms with Crippen LogP contribution in [0.3, 0.4) is 0 Å². The van der Waals surface area contributed by atoms with Gasteiger partial charge in [-0.3, -0.25) is 0 Å². The Morgan fingerprint density at radius 1 is 0.889 bits per heavy atom. The van der Waals surface area contributed by atoms with Crippen LogP contribution in [-0.2, 0) is 3.79 Å². The van der Waals surface area contributed by atoms with E-state index < -0.39 is 0 Å². The van der Waals surface area contributed by atoms with Gasteiger partial charge in [-0.05, 0) is 0 Å². The molecule has 0 atom stereocenters. The quantitative estimate of drug-likeness (QED) is 0.459. The number of hydrogen-bond acceptors (Lipinski definition) is 1. The fraction of sp³-hybridized carbons (Fsp3) is 1.00. The van der Waals surface area contributed by atoms with E-state index in [1.165, 1.54) is 21.1 Å². The highest BCUT2D eigenvalue weighted by atomic mass is 27.1. The molecule has 0 aliphatic carbocycles. The van der Waals surface area contributed by atoms with E-state index in [2.05, 4.69) is 57.8 Å². The predicted molar refractivity (Wildman–Crippen MR) is 87.0 cm³/mol. The van der Waals surface area contributed by atoms with Crippen LogP contribution in [0.15, 0.2) is 0 Å². The lowest BCUT2D eigenvalue weighted by atomic mass is 10.3. The van der Waals surface area contributed by atoms with E-state index in [1.807, 2.05) is 0 Å². The summed E-state index contributed by atoms with van der Waals surface area (Å²) in [5.74, 6) is 2.55. The zero-order valence-corrected chi connectivity index (χ0v) is 16.9. The van der Waals surface area contributed by atoms with Gasteiger partial charge in [-0.1, -0.05) is 69.9 Å². The van der Waals surface area contributed by atoms with Gasteiger partial charge in [0.25, 0.3) is 0 Å². The molecule has 0 saturated carbocycles. The van der Waals surface area contributed by atoms with Crippen LogP contribution in [0, 0.1) is 17.8 Å². The summed E-state index contributed by atoms with van der Waals surface area (Å²) >= 11 is 3.63. The molecule has 1 nitrogen and oxygen atoms in total. The Morgan fingerprint density at radius 3 is 1.78 bits per heavy atom. The zero-order chi connectivity index (χ0) is 14.4. The first-order valence-electron chi connectivity index (χ1n) is 7.35. The van der Waals surface area contributed by atoms with Crippen molar-refractivity contribution < 1.29 is 3.79 Å². The van der Waals surface area contributed by atoms with Crippen molar-refractivity contribution >= 4 is 47.1 Å². The van der Waals surface area contributed by atoms with Crippen LogP contribution < -0.4 is 0 Å². The second kappa shape index (κ2) is 16.6. The molecule has 0 aromatic heterocycles. The van der Waals surface area contributed by atoms with Gasteiger partial charge < -0.3 is 3.79 Å². The minimum absolute atomic E-state index is 0.281. The lowest BCUT2D eigenvalue weighted by Gasteiger charge is -2.05. The molecule has 0 amide bonds. The topological polar surface area (TPSA) is 9.23 Å². The molecule has 0 bridgehead atoms. The van der Waals surface area contributed by atoms with Crippen molar-refractivity contribution in [3.63, 3.8) is 0 Å². The first-order chi connectivity index (χ1) is 8.40. The lowest BCUT2D eigenvalue weighted by molar-refractivity contribution is 0.355. The zero-order valence-electron chi connectivity index (χ0n) is 13.4. The molecule has 0 heterocycles. The Kier molecular flexibility index (Phi) is 20.2. The van der Waals surface area contributed by atoms with Gasteiger partial charge >= 0.3 is 15.6 Å². The van der Waals surface area contributed by atoms with Crippen molar-refractivity contribution in [2.45, 2.75) is 62.7 Å². The fourth-order valence-electron chi connectivity index (χ4n) is 0.946. The van der Waals surface area contributed by atoms with Gasteiger partial charge in [0, 0.05) is 6.61 Å². The first-order valence-corrected chi connectivity index (χ1v) is 11.1. The molecule has 0 aromatic rings. The van der Waals surface area contributed by atoms with Crippen molar-refractivity contribution in [1.82, 2.24) is 0 Å². The van der Waals surface area contributed by atoms with Crippen LogP contribution in [0.1, 0.15) is 41.5 Å². The maximum absolute atomic E-state index is 5.63. The number of rotatable bonds is 9. The molecule has 4 radical (unpaired) electrons. The van der Waals surface area contributed by atoms with E-state index in [0.717, 1.165) is 24.4 Å². The van der Waals surface area contributed by atoms with E-state index in [-0.39, 0.29) is 15.6 Å². The molecular formula is C14H31Al3O. The molecular weight excluding hydrogens is 265 g/mol. The molecule has 0 N–H and O–H groups in total. The molecule has 0 saturated heterocycles. The molecule has 0 rings (SSSR count). The average molecular weight is 296 g/mol. The Bertz CT molecular complexity index is 138. The smallest absolute Gasteiger partial charge is 0.423 e. The van der Waals surface area contributed by atoms with E-state index >= 15 is 0 Å². The molecule has 18 heavy (non-hydrogen) atoms. The first kappa shape index (κ1) is 21.8. The standard InChI is InChI=1S/3C4H9.C2H4O.3Al/c3*1-4(2)3;1-2-3;;;/h3*4H,1H2,2-3H3;1-2H2;;;/q;;;-1;;;+1. The third-order valence-corrected chi connectivity index (χ3v) is 6.70. The molecule has 0 fully saturated rings. The van der Waals surface area contributed by atoms with E-state index in [1.54, 1.807) is 0 Å². The normalized spacial score (nSPS) is 10.5. The summed E-state index contributed by atoms with van der Waals surface area (Å²) in [6.45, 7) is 14.6. The van der Waals surface area contributed by atoms with Crippen LogP contribution in [0.5, 0.6) is 0 Å². The van der Waals surface area contributed by atoms with Gasteiger partial charge in [0.1, 0.15) is 16.3 Å². The lowest BCUT2D eigenvalue weighted by Crippen LogP contribution is -2.06. The summed E-state index contributed by atoms with van der Waals surface area (Å²) in [6.07, 6.45) is 0. The fourth-order valence-corrected chi connectivity index (χ4v) is 3.25. The largest absolute Gasteiger partial charge is 0.508 e. The van der Waals surface area contributed by atoms with E-state index in [4.69, 9.17) is 3.79 Å². The number of hydrogen-bond donors (Lipinski definition) is 0. The van der Waals surface area contributed by atoms with Gasteiger partial charge in [-0.15, -0.1) is 10.6 Å². The van der Waals surface area contributed by atoms with Gasteiger partial charge in [-0.2, -0.15) is 0 Å². The summed E-state index contributed by atoms with van der Waals surface area (Å²) < 4.78 is 5.63. The van der Waals surface area contributed by atoms with Crippen molar-refractivity contribution in [2.24, 2.45) is 17.8 Å². The van der Waals surface area contributed by atoms with Crippen LogP contribution in [0.4, 0.5) is 0 Å². The Labute approximate surface area is 137 Å². The summed E-state index contributed by atoms with van der Waals surface area (Å²) in [6, 6.07) is 0. The van der Waals surface area contributed by atoms with E-state index in [9.17, 15) is 0 Å². The van der Waals surface area contributed by atoms with Gasteiger partial charge in [-0.25, -0.2) is 0 Å². The Balaban J connectivity index is 0. The van der Waals surface area contributed by atoms with Crippen LogP contribution >= 0.6 is 0 Å². The highest BCUT2D eigenvalue weighted by Crippen LogP contribution is 2.02. The van der Waals surface area contributed by atoms with Crippen molar-refractivity contribution in [1.29, 1.82) is 0 Å². The summed E-state index contributed by atoms with van der Waals surface area (Å²) in [7, 11) is 0. The second-order valence-electron chi connectivity index (χ2n) is 6.00. The van der Waals surface area contributed by atoms with Crippen LogP contribution in [0.25, 0.3) is 0 Å². The molecule has 0 unspecified atom stereocenters. The molecule has 102 valence electrons. The minimum atomic E-state index is 0.281. The Hall–Kier alpha value is 1.56. The maximum atomic E-state index is 5.63. The molecule has 0 aromatic carbocycles. The van der Waals surface area contributed by atoms with Crippen LogP contribution in [0.2, 0.25) is 21.1 Å². The molecule has 0 aliphatic heterocycles. The van der Waals surface area contributed by atoms with Crippen molar-refractivity contribution in [3.05, 3.63) is 0 Å².